The van der Waals surface area contributed by atoms with E-state index in [0.29, 0.717) is 65.1 Å². The molecule has 0 spiro atoms. The van der Waals surface area contributed by atoms with Crippen molar-refractivity contribution in [3.63, 3.8) is 0 Å². The van der Waals surface area contributed by atoms with Crippen LogP contribution in [0.1, 0.15) is 192 Å². The first-order chi connectivity index (χ1) is 33.8. The number of carbonyl (C=O) groups is 1. The highest BCUT2D eigenvalue weighted by atomic mass is 16.6. The fourth-order valence-electron chi connectivity index (χ4n) is 9.44. The lowest BCUT2D eigenvalue weighted by Gasteiger charge is -2.46. The van der Waals surface area contributed by atoms with Crippen molar-refractivity contribution in [2.24, 2.45) is 5.11 Å². The first-order valence-electron chi connectivity index (χ1n) is 27.6. The number of ether oxygens (including phenoxy) is 4. The van der Waals surface area contributed by atoms with Gasteiger partial charge in [0.1, 0.15) is 18.3 Å². The minimum absolute atomic E-state index is 0.105. The average molecular weight is 963 g/mol. The lowest BCUT2D eigenvalue weighted by atomic mass is 9.89. The average Bonchev–Trinajstić information content (AvgIpc) is 3.36. The lowest BCUT2D eigenvalue weighted by molar-refractivity contribution is -0.251. The number of carbonyl (C=O) groups excluding carboxylic acids is 1. The standard InChI is InChI=1S/C56H95BN4O8/c1-4-7-10-11-12-13-14-15-16-17-18-25-30-49(62)53(64)48(60-52(63)31-26-20-19-22-27-45-28-23-21-24-29-45)36-37-50-55(69-57)56(67-42-9-6-3)54(66-41-8-5-2)51(68-50)44-65-43-39-47-34-32-46(33-35-47)38-40-59-61-58/h21,23-24,28-29,32-35,48-51,53-56,62,64H,4-20,22,25-27,30-31,36-44,57H2,1-3H3,(H,60,63)/t48-,49+,50+,51?,53-,54-,55?,56-/m0/s1. The molecule has 0 aliphatic carbocycles. The highest BCUT2D eigenvalue weighted by Crippen LogP contribution is 2.32. The van der Waals surface area contributed by atoms with Crippen LogP contribution in [-0.2, 0) is 47.7 Å². The van der Waals surface area contributed by atoms with Crippen molar-refractivity contribution < 1.29 is 38.6 Å². The molecule has 8 atom stereocenters. The molecule has 0 bridgehead atoms. The number of benzene rings is 2. The van der Waals surface area contributed by atoms with Gasteiger partial charge in [-0.3, -0.25) is 4.79 Å². The summed E-state index contributed by atoms with van der Waals surface area (Å²) >= 11 is 0. The zero-order valence-electron chi connectivity index (χ0n) is 43.6. The number of hydrogen-bond donors (Lipinski definition) is 3. The fourth-order valence-corrected chi connectivity index (χ4v) is 9.44. The number of nitrogens with one attached hydrogen (secondary N) is 1. The van der Waals surface area contributed by atoms with E-state index in [4.69, 9.17) is 29.1 Å². The van der Waals surface area contributed by atoms with Gasteiger partial charge >= 0.3 is 0 Å². The molecule has 3 N–H and O–H groups in total. The Kier molecular flexibility index (Phi) is 34.6. The molecule has 2 unspecified atom stereocenters. The SMILES string of the molecule is BOC1[C@@H](OCCCC)[C@@H](OCCCC)C(COCCc2ccc(CCN=[N+]=[N-])cc2)O[C@@H]1CC[C@H](NC(=O)CCCCCCc1ccccc1)[C@H](O)[C@H](O)CCCCCCCCCCCCCC. The van der Waals surface area contributed by atoms with Gasteiger partial charge in [-0.05, 0) is 86.4 Å². The molecule has 1 heterocycles. The number of amides is 1. The molecule has 0 aromatic heterocycles. The van der Waals surface area contributed by atoms with Crippen molar-refractivity contribution in [3.05, 3.63) is 81.7 Å². The third-order valence-electron chi connectivity index (χ3n) is 13.8. The van der Waals surface area contributed by atoms with E-state index in [9.17, 15) is 15.0 Å². The number of aryl methyl sites for hydroxylation is 1. The van der Waals surface area contributed by atoms with Crippen molar-refractivity contribution in [2.45, 2.75) is 243 Å². The summed E-state index contributed by atoms with van der Waals surface area (Å²) in [5.41, 5.74) is 12.2. The second-order valence-corrected chi connectivity index (χ2v) is 19.5. The minimum Gasteiger partial charge on any atom is -0.436 e. The maximum absolute atomic E-state index is 13.6. The molecule has 3 rings (SSSR count). The third-order valence-corrected chi connectivity index (χ3v) is 13.8. The van der Waals surface area contributed by atoms with Crippen molar-refractivity contribution in [2.75, 3.05) is 33.0 Å². The number of aliphatic hydroxyl groups excluding tert-OH is 2. The first kappa shape index (κ1) is 60.3. The molecular formula is C56H95BN4O8. The zero-order chi connectivity index (χ0) is 49.6. The van der Waals surface area contributed by atoms with Crippen LogP contribution in [0.3, 0.4) is 0 Å². The van der Waals surface area contributed by atoms with E-state index in [-0.39, 0.29) is 5.91 Å². The summed E-state index contributed by atoms with van der Waals surface area (Å²) in [5, 5.41) is 30.1. The van der Waals surface area contributed by atoms with Gasteiger partial charge in [-0.2, -0.15) is 0 Å². The molecule has 1 aliphatic rings. The Bertz CT molecular complexity index is 1590. The van der Waals surface area contributed by atoms with Gasteiger partial charge in [-0.25, -0.2) is 0 Å². The maximum atomic E-state index is 13.6. The number of nitrogens with zero attached hydrogens (tertiary/aromatic N) is 3. The van der Waals surface area contributed by atoms with Gasteiger partial charge in [-0.1, -0.05) is 183 Å². The van der Waals surface area contributed by atoms with Gasteiger partial charge in [0.25, 0.3) is 8.05 Å². The van der Waals surface area contributed by atoms with Gasteiger partial charge < -0.3 is 39.1 Å². The Balaban J connectivity index is 1.67. The second kappa shape index (κ2) is 39.6. The van der Waals surface area contributed by atoms with E-state index < -0.39 is 48.8 Å². The monoisotopic (exact) mass is 963 g/mol. The molecule has 69 heavy (non-hydrogen) atoms. The molecule has 390 valence electrons. The molecule has 1 aliphatic heterocycles. The number of rotatable bonds is 43. The molecule has 12 nitrogen and oxygen atoms in total. The first-order valence-corrected chi connectivity index (χ1v) is 27.6. The van der Waals surface area contributed by atoms with Crippen molar-refractivity contribution in [3.8, 4) is 0 Å². The summed E-state index contributed by atoms with van der Waals surface area (Å²) in [6.45, 7) is 8.89. The molecule has 2 aromatic carbocycles. The topological polar surface area (TPSA) is 164 Å². The van der Waals surface area contributed by atoms with Crippen LogP contribution < -0.4 is 5.32 Å². The minimum atomic E-state index is -1.13. The van der Waals surface area contributed by atoms with Gasteiger partial charge in [0.05, 0.1) is 43.7 Å². The Hall–Kier alpha value is -3.00. The van der Waals surface area contributed by atoms with Crippen molar-refractivity contribution >= 4 is 14.0 Å². The zero-order valence-corrected chi connectivity index (χ0v) is 43.6. The van der Waals surface area contributed by atoms with E-state index in [1.54, 1.807) is 8.05 Å². The highest BCUT2D eigenvalue weighted by molar-refractivity contribution is 5.98. The van der Waals surface area contributed by atoms with Crippen molar-refractivity contribution in [1.29, 1.82) is 0 Å². The summed E-state index contributed by atoms with van der Waals surface area (Å²) in [6, 6.07) is 18.2. The number of unbranched alkanes of at least 4 members (excludes halogenated alkanes) is 16. The molecule has 13 heteroatoms. The van der Waals surface area contributed by atoms with Gasteiger partial charge in [0, 0.05) is 31.1 Å². The molecule has 1 saturated heterocycles. The van der Waals surface area contributed by atoms with Gasteiger partial charge in [0.2, 0.25) is 5.91 Å². The predicted octanol–water partition coefficient (Wildman–Crippen LogP) is 11.4. The normalized spacial score (nSPS) is 19.5. The van der Waals surface area contributed by atoms with Crippen LogP contribution in [0.2, 0.25) is 0 Å². The Morgan fingerprint density at radius 2 is 1.23 bits per heavy atom. The maximum Gasteiger partial charge on any atom is 0.257 e. The van der Waals surface area contributed by atoms with Crippen LogP contribution in [0.25, 0.3) is 10.4 Å². The van der Waals surface area contributed by atoms with Crippen LogP contribution in [-0.4, -0.2) is 106 Å². The van der Waals surface area contributed by atoms with Crippen LogP contribution in [0.15, 0.2) is 59.7 Å². The molecule has 0 radical (unpaired) electrons. The van der Waals surface area contributed by atoms with Crippen LogP contribution in [0.5, 0.6) is 0 Å². The van der Waals surface area contributed by atoms with E-state index >= 15 is 0 Å². The van der Waals surface area contributed by atoms with Crippen LogP contribution in [0.4, 0.5) is 0 Å². The Morgan fingerprint density at radius 3 is 1.86 bits per heavy atom. The van der Waals surface area contributed by atoms with E-state index in [1.807, 2.05) is 6.07 Å². The molecular weight excluding hydrogens is 867 g/mol. The molecule has 1 fully saturated rings. The Morgan fingerprint density at radius 1 is 0.667 bits per heavy atom. The predicted molar refractivity (Wildman–Crippen MR) is 282 cm³/mol. The summed E-state index contributed by atoms with van der Waals surface area (Å²) in [6.07, 6.45) is 22.3. The molecule has 1 amide bonds. The number of hydrogen-bond acceptors (Lipinski definition) is 9. The number of aliphatic hydroxyl groups is 2. The number of azide groups is 1. The van der Waals surface area contributed by atoms with Crippen molar-refractivity contribution in [1.82, 2.24) is 5.32 Å². The second-order valence-electron chi connectivity index (χ2n) is 19.5. The lowest BCUT2D eigenvalue weighted by Crippen LogP contribution is -2.61. The largest absolute Gasteiger partial charge is 0.436 e. The van der Waals surface area contributed by atoms with E-state index in [0.717, 1.165) is 94.6 Å². The fraction of sp³-hybridized carbons (Fsp3) is 0.768. The summed E-state index contributed by atoms with van der Waals surface area (Å²) in [7, 11) is 1.69. The summed E-state index contributed by atoms with van der Waals surface area (Å²) in [5.74, 6) is -0.105. The van der Waals surface area contributed by atoms with Gasteiger partial charge in [-0.15, -0.1) is 0 Å². The molecule has 2 aromatic rings. The third kappa shape index (κ3) is 26.3. The van der Waals surface area contributed by atoms with E-state index in [2.05, 4.69) is 84.6 Å². The molecule has 0 saturated carbocycles. The smallest absolute Gasteiger partial charge is 0.257 e. The van der Waals surface area contributed by atoms with E-state index in [1.165, 1.54) is 63.4 Å². The van der Waals surface area contributed by atoms with Crippen LogP contribution in [0, 0.1) is 0 Å². The quantitative estimate of drug-likeness (QED) is 0.0194. The van der Waals surface area contributed by atoms with Crippen LogP contribution >= 0.6 is 0 Å². The highest BCUT2D eigenvalue weighted by Gasteiger charge is 2.47. The Labute approximate surface area is 419 Å². The summed E-state index contributed by atoms with van der Waals surface area (Å²) < 4.78 is 32.7. The summed E-state index contributed by atoms with van der Waals surface area (Å²) in [4.78, 5) is 16.4. The van der Waals surface area contributed by atoms with Gasteiger partial charge in [0.15, 0.2) is 0 Å².